The number of benzene rings is 1. The highest BCUT2D eigenvalue weighted by Crippen LogP contribution is 2.35. The second-order valence-electron chi connectivity index (χ2n) is 5.09. The number of hydrogen-bond donors (Lipinski definition) is 2. The largest absolute Gasteiger partial charge is 0.458 e. The highest BCUT2D eigenvalue weighted by Gasteiger charge is 2.32. The second kappa shape index (κ2) is 5.13. The van der Waals surface area contributed by atoms with E-state index in [1.807, 2.05) is 24.3 Å². The van der Waals surface area contributed by atoms with Crippen LogP contribution in [0.1, 0.15) is 25.1 Å². The first-order valence-electron chi connectivity index (χ1n) is 6.44. The quantitative estimate of drug-likeness (QED) is 0.670. The molecule has 2 heterocycles. The van der Waals surface area contributed by atoms with Crippen LogP contribution in [0.2, 0.25) is 5.02 Å². The van der Waals surface area contributed by atoms with Crippen LogP contribution >= 0.6 is 11.6 Å². The number of fused-ring (bicyclic) bond motifs is 1. The molecule has 1 aromatic heterocycles. The molecule has 4 nitrogen and oxygen atoms in total. The van der Waals surface area contributed by atoms with Crippen LogP contribution in [-0.4, -0.2) is 12.7 Å². The SMILES string of the molecule is CC1CC(C(NN)c2cc3cccc(Cl)c3o2)CO1. The molecule has 0 amide bonds. The average Bonchev–Trinajstić information content (AvgIpc) is 2.98. The highest BCUT2D eigenvalue weighted by molar-refractivity contribution is 6.34. The Hall–Kier alpha value is -1.07. The van der Waals surface area contributed by atoms with Gasteiger partial charge < -0.3 is 9.15 Å². The van der Waals surface area contributed by atoms with Gasteiger partial charge in [-0.05, 0) is 25.5 Å². The molecule has 19 heavy (non-hydrogen) atoms. The molecule has 3 unspecified atom stereocenters. The molecule has 1 aliphatic rings. The van der Waals surface area contributed by atoms with Crippen LogP contribution < -0.4 is 11.3 Å². The third-order valence-electron chi connectivity index (χ3n) is 3.70. The first-order valence-corrected chi connectivity index (χ1v) is 6.82. The normalized spacial score (nSPS) is 25.0. The molecule has 102 valence electrons. The number of nitrogens with two attached hydrogens (primary N) is 1. The molecule has 5 heteroatoms. The summed E-state index contributed by atoms with van der Waals surface area (Å²) in [7, 11) is 0. The molecule has 0 radical (unpaired) electrons. The van der Waals surface area contributed by atoms with E-state index in [0.717, 1.165) is 17.6 Å². The molecule has 1 saturated heterocycles. The number of para-hydroxylation sites is 1. The first kappa shape index (κ1) is 12.9. The summed E-state index contributed by atoms with van der Waals surface area (Å²) in [5, 5.41) is 1.62. The van der Waals surface area contributed by atoms with Crippen LogP contribution in [-0.2, 0) is 4.74 Å². The zero-order valence-corrected chi connectivity index (χ0v) is 11.5. The van der Waals surface area contributed by atoms with Crippen molar-refractivity contribution in [2.45, 2.75) is 25.5 Å². The molecule has 3 rings (SSSR count). The average molecular weight is 281 g/mol. The standard InChI is InChI=1S/C14H17ClN2O2/c1-8-5-10(7-18-8)13(17-16)12-6-9-3-2-4-11(15)14(9)19-12/h2-4,6,8,10,13,17H,5,7,16H2,1H3. The monoisotopic (exact) mass is 280 g/mol. The first-order chi connectivity index (χ1) is 9.19. The van der Waals surface area contributed by atoms with Gasteiger partial charge in [-0.3, -0.25) is 5.84 Å². The molecule has 3 N–H and O–H groups in total. The summed E-state index contributed by atoms with van der Waals surface area (Å²) in [6, 6.07) is 7.66. The second-order valence-corrected chi connectivity index (χ2v) is 5.50. The number of hydrazine groups is 1. The van der Waals surface area contributed by atoms with Crippen molar-refractivity contribution in [3.05, 3.63) is 35.0 Å². The van der Waals surface area contributed by atoms with Gasteiger partial charge in [-0.25, -0.2) is 5.43 Å². The number of ether oxygens (including phenoxy) is 1. The zero-order valence-electron chi connectivity index (χ0n) is 10.7. The van der Waals surface area contributed by atoms with Gasteiger partial charge in [0.15, 0.2) is 5.58 Å². The van der Waals surface area contributed by atoms with Crippen molar-refractivity contribution >= 4 is 22.6 Å². The Balaban J connectivity index is 1.95. The maximum atomic E-state index is 6.13. The molecule has 1 fully saturated rings. The Morgan fingerprint density at radius 1 is 1.47 bits per heavy atom. The van der Waals surface area contributed by atoms with Crippen molar-refractivity contribution in [3.63, 3.8) is 0 Å². The van der Waals surface area contributed by atoms with E-state index >= 15 is 0 Å². The lowest BCUT2D eigenvalue weighted by Gasteiger charge is -2.19. The van der Waals surface area contributed by atoms with Crippen LogP contribution in [0.3, 0.4) is 0 Å². The zero-order chi connectivity index (χ0) is 13.4. The van der Waals surface area contributed by atoms with E-state index in [1.165, 1.54) is 0 Å². The number of furan rings is 1. The molecule has 0 bridgehead atoms. The third-order valence-corrected chi connectivity index (χ3v) is 4.00. The van der Waals surface area contributed by atoms with E-state index in [2.05, 4.69) is 12.3 Å². The van der Waals surface area contributed by atoms with Gasteiger partial charge in [0.1, 0.15) is 5.76 Å². The van der Waals surface area contributed by atoms with E-state index in [9.17, 15) is 0 Å². The Morgan fingerprint density at radius 3 is 2.95 bits per heavy atom. The fourth-order valence-corrected chi connectivity index (χ4v) is 2.95. The molecule has 0 saturated carbocycles. The van der Waals surface area contributed by atoms with Gasteiger partial charge in [0.25, 0.3) is 0 Å². The topological polar surface area (TPSA) is 60.4 Å². The summed E-state index contributed by atoms with van der Waals surface area (Å²) in [4.78, 5) is 0. The summed E-state index contributed by atoms with van der Waals surface area (Å²) in [6.07, 6.45) is 1.24. The van der Waals surface area contributed by atoms with E-state index < -0.39 is 0 Å². The summed E-state index contributed by atoms with van der Waals surface area (Å²) in [5.41, 5.74) is 3.56. The minimum absolute atomic E-state index is 0.0478. The van der Waals surface area contributed by atoms with Crippen LogP contribution in [0, 0.1) is 5.92 Å². The fourth-order valence-electron chi connectivity index (χ4n) is 2.73. The van der Waals surface area contributed by atoms with Crippen LogP contribution in [0.25, 0.3) is 11.0 Å². The Labute approximate surface area is 116 Å². The molecule has 1 aliphatic heterocycles. The highest BCUT2D eigenvalue weighted by atomic mass is 35.5. The maximum Gasteiger partial charge on any atom is 0.152 e. The maximum absolute atomic E-state index is 6.13. The van der Waals surface area contributed by atoms with Crippen LogP contribution in [0.5, 0.6) is 0 Å². The molecular formula is C14H17ClN2O2. The van der Waals surface area contributed by atoms with Crippen LogP contribution in [0.4, 0.5) is 0 Å². The summed E-state index contributed by atoms with van der Waals surface area (Å²) >= 11 is 6.13. The van der Waals surface area contributed by atoms with Gasteiger partial charge in [0.2, 0.25) is 0 Å². The smallest absolute Gasteiger partial charge is 0.152 e. The third kappa shape index (κ3) is 2.37. The lowest BCUT2D eigenvalue weighted by Crippen LogP contribution is -2.33. The van der Waals surface area contributed by atoms with Crippen molar-refractivity contribution in [1.29, 1.82) is 0 Å². The van der Waals surface area contributed by atoms with Crippen molar-refractivity contribution in [2.75, 3.05) is 6.61 Å². The summed E-state index contributed by atoms with van der Waals surface area (Å²) in [6.45, 7) is 2.77. The molecular weight excluding hydrogens is 264 g/mol. The Morgan fingerprint density at radius 2 is 2.32 bits per heavy atom. The lowest BCUT2D eigenvalue weighted by molar-refractivity contribution is 0.116. The van der Waals surface area contributed by atoms with Gasteiger partial charge in [0, 0.05) is 11.3 Å². The molecule has 0 aliphatic carbocycles. The molecule has 1 aromatic carbocycles. The molecule has 3 atom stereocenters. The Bertz CT molecular complexity index is 584. The van der Waals surface area contributed by atoms with E-state index in [1.54, 1.807) is 0 Å². The van der Waals surface area contributed by atoms with Crippen molar-refractivity contribution < 1.29 is 9.15 Å². The van der Waals surface area contributed by atoms with E-state index in [0.29, 0.717) is 23.1 Å². The fraction of sp³-hybridized carbons (Fsp3) is 0.429. The van der Waals surface area contributed by atoms with Crippen molar-refractivity contribution in [3.8, 4) is 0 Å². The van der Waals surface area contributed by atoms with Crippen molar-refractivity contribution in [2.24, 2.45) is 11.8 Å². The predicted molar refractivity (Wildman–Crippen MR) is 74.8 cm³/mol. The number of halogens is 1. The van der Waals surface area contributed by atoms with Crippen molar-refractivity contribution in [1.82, 2.24) is 5.43 Å². The van der Waals surface area contributed by atoms with E-state index in [4.69, 9.17) is 26.6 Å². The number of nitrogens with one attached hydrogen (secondary N) is 1. The van der Waals surface area contributed by atoms with Gasteiger partial charge in [-0.15, -0.1) is 0 Å². The minimum atomic E-state index is -0.0478. The van der Waals surface area contributed by atoms with Gasteiger partial charge in [-0.1, -0.05) is 23.7 Å². The van der Waals surface area contributed by atoms with Gasteiger partial charge >= 0.3 is 0 Å². The Kier molecular flexibility index (Phi) is 3.50. The van der Waals surface area contributed by atoms with Gasteiger partial charge in [0.05, 0.1) is 23.8 Å². The summed E-state index contributed by atoms with van der Waals surface area (Å²) < 4.78 is 11.5. The van der Waals surface area contributed by atoms with Crippen LogP contribution in [0.15, 0.2) is 28.7 Å². The summed E-state index contributed by atoms with van der Waals surface area (Å²) in [5.74, 6) is 6.82. The predicted octanol–water partition coefficient (Wildman–Crippen LogP) is 3.02. The van der Waals surface area contributed by atoms with Gasteiger partial charge in [-0.2, -0.15) is 0 Å². The lowest BCUT2D eigenvalue weighted by atomic mass is 9.95. The molecule has 2 aromatic rings. The minimum Gasteiger partial charge on any atom is -0.458 e. The van der Waals surface area contributed by atoms with E-state index in [-0.39, 0.29) is 12.1 Å². The number of hydrogen-bond acceptors (Lipinski definition) is 4. The number of rotatable bonds is 3. The molecule has 0 spiro atoms.